The molecule has 0 radical (unpaired) electrons. The minimum Gasteiger partial charge on any atom is -0.493 e. The van der Waals surface area contributed by atoms with Crippen LogP contribution in [0, 0.1) is 0 Å². The summed E-state index contributed by atoms with van der Waals surface area (Å²) < 4.78 is 5.61. The Labute approximate surface area is 118 Å². The van der Waals surface area contributed by atoms with Gasteiger partial charge in [0.15, 0.2) is 5.78 Å². The summed E-state index contributed by atoms with van der Waals surface area (Å²) in [5, 5.41) is 0. The number of ketones is 1. The Morgan fingerprint density at radius 2 is 1.68 bits per heavy atom. The van der Waals surface area contributed by atoms with Crippen LogP contribution in [0.3, 0.4) is 0 Å². The van der Waals surface area contributed by atoms with Gasteiger partial charge in [0.25, 0.3) is 0 Å². The highest BCUT2D eigenvalue weighted by Gasteiger charge is 2.13. The summed E-state index contributed by atoms with van der Waals surface area (Å²) in [6, 6.07) is 16.5. The molecule has 0 atom stereocenters. The standard InChI is InChI=1S/C16H15ClO2/c17-11-6-12-19-15-10-5-4-9-14(15)16(18)13-7-2-1-3-8-13/h1-5,7-10H,6,11-12H2. The molecule has 2 rings (SSSR count). The van der Waals surface area contributed by atoms with E-state index in [2.05, 4.69) is 0 Å². The van der Waals surface area contributed by atoms with Crippen LogP contribution in [0.25, 0.3) is 0 Å². The van der Waals surface area contributed by atoms with E-state index in [1.807, 2.05) is 36.4 Å². The van der Waals surface area contributed by atoms with Crippen molar-refractivity contribution in [1.29, 1.82) is 0 Å². The zero-order valence-corrected chi connectivity index (χ0v) is 11.3. The normalized spacial score (nSPS) is 10.2. The van der Waals surface area contributed by atoms with Crippen molar-refractivity contribution in [3.05, 3.63) is 65.7 Å². The molecule has 0 aliphatic carbocycles. The number of carbonyl (C=O) groups excluding carboxylic acids is 1. The summed E-state index contributed by atoms with van der Waals surface area (Å²) in [5.41, 5.74) is 1.25. The molecular formula is C16H15ClO2. The Bertz CT molecular complexity index is 537. The maximum Gasteiger partial charge on any atom is 0.196 e. The number of alkyl halides is 1. The van der Waals surface area contributed by atoms with Crippen LogP contribution in [0.4, 0.5) is 0 Å². The van der Waals surface area contributed by atoms with Gasteiger partial charge >= 0.3 is 0 Å². The largest absolute Gasteiger partial charge is 0.493 e. The molecule has 0 N–H and O–H groups in total. The zero-order valence-electron chi connectivity index (χ0n) is 10.5. The smallest absolute Gasteiger partial charge is 0.196 e. The minimum atomic E-state index is -0.0259. The molecule has 0 fully saturated rings. The van der Waals surface area contributed by atoms with Crippen molar-refractivity contribution in [2.75, 3.05) is 12.5 Å². The molecule has 0 saturated carbocycles. The molecule has 2 nitrogen and oxygen atoms in total. The predicted octanol–water partition coefficient (Wildman–Crippen LogP) is 3.93. The van der Waals surface area contributed by atoms with Gasteiger partial charge in [-0.1, -0.05) is 42.5 Å². The van der Waals surface area contributed by atoms with Crippen molar-refractivity contribution >= 4 is 17.4 Å². The third-order valence-corrected chi connectivity index (χ3v) is 2.97. The molecule has 0 saturated heterocycles. The van der Waals surface area contributed by atoms with Crippen molar-refractivity contribution < 1.29 is 9.53 Å². The van der Waals surface area contributed by atoms with E-state index < -0.39 is 0 Å². The van der Waals surface area contributed by atoms with Gasteiger partial charge in [-0.2, -0.15) is 0 Å². The zero-order chi connectivity index (χ0) is 13.5. The third kappa shape index (κ3) is 3.58. The number of benzene rings is 2. The topological polar surface area (TPSA) is 26.3 Å². The van der Waals surface area contributed by atoms with E-state index in [9.17, 15) is 4.79 Å². The molecule has 98 valence electrons. The van der Waals surface area contributed by atoms with E-state index >= 15 is 0 Å². The van der Waals surface area contributed by atoms with E-state index in [0.29, 0.717) is 29.4 Å². The summed E-state index contributed by atoms with van der Waals surface area (Å²) in [6.07, 6.45) is 0.759. The molecule has 19 heavy (non-hydrogen) atoms. The summed E-state index contributed by atoms with van der Waals surface area (Å²) in [7, 11) is 0. The lowest BCUT2D eigenvalue weighted by atomic mass is 10.0. The van der Waals surface area contributed by atoms with E-state index in [-0.39, 0.29) is 5.78 Å². The molecule has 0 bridgehead atoms. The number of ether oxygens (including phenoxy) is 1. The Hall–Kier alpha value is -1.80. The van der Waals surface area contributed by atoms with Gasteiger partial charge < -0.3 is 4.74 Å². The molecular weight excluding hydrogens is 260 g/mol. The Balaban J connectivity index is 2.22. The monoisotopic (exact) mass is 274 g/mol. The predicted molar refractivity (Wildman–Crippen MR) is 77.1 cm³/mol. The van der Waals surface area contributed by atoms with Crippen molar-refractivity contribution in [2.24, 2.45) is 0 Å². The molecule has 0 aliphatic heterocycles. The fourth-order valence-electron chi connectivity index (χ4n) is 1.76. The molecule has 2 aromatic carbocycles. The highest BCUT2D eigenvalue weighted by atomic mass is 35.5. The second-order valence-electron chi connectivity index (χ2n) is 4.08. The summed E-state index contributed by atoms with van der Waals surface area (Å²) in [4.78, 5) is 12.4. The molecule has 0 heterocycles. The van der Waals surface area contributed by atoms with Crippen molar-refractivity contribution in [1.82, 2.24) is 0 Å². The minimum absolute atomic E-state index is 0.0259. The first-order valence-electron chi connectivity index (χ1n) is 6.20. The number of hydrogen-bond acceptors (Lipinski definition) is 2. The Kier molecular flexibility index (Phi) is 4.99. The van der Waals surface area contributed by atoms with Crippen LogP contribution >= 0.6 is 11.6 Å². The van der Waals surface area contributed by atoms with Gasteiger partial charge in [-0.15, -0.1) is 11.6 Å². The lowest BCUT2D eigenvalue weighted by Crippen LogP contribution is -2.06. The average molecular weight is 275 g/mol. The molecule has 0 aliphatic rings. The SMILES string of the molecule is O=C(c1ccccc1)c1ccccc1OCCCCl. The molecule has 0 unspecified atom stereocenters. The lowest BCUT2D eigenvalue weighted by molar-refractivity contribution is 0.103. The number of hydrogen-bond donors (Lipinski definition) is 0. The van der Waals surface area contributed by atoms with E-state index in [4.69, 9.17) is 16.3 Å². The summed E-state index contributed by atoms with van der Waals surface area (Å²) in [6.45, 7) is 0.516. The number of para-hydroxylation sites is 1. The van der Waals surface area contributed by atoms with E-state index in [1.165, 1.54) is 0 Å². The van der Waals surface area contributed by atoms with Gasteiger partial charge in [0.1, 0.15) is 5.75 Å². The van der Waals surface area contributed by atoms with Crippen LogP contribution in [0.1, 0.15) is 22.3 Å². The highest BCUT2D eigenvalue weighted by Crippen LogP contribution is 2.21. The molecule has 0 spiro atoms. The quantitative estimate of drug-likeness (QED) is 0.453. The maximum absolute atomic E-state index is 12.4. The first kappa shape index (κ1) is 13.6. The van der Waals surface area contributed by atoms with E-state index in [1.54, 1.807) is 18.2 Å². The summed E-state index contributed by atoms with van der Waals surface area (Å²) in [5.74, 6) is 1.14. The second kappa shape index (κ2) is 6.95. The number of carbonyl (C=O) groups is 1. The summed E-state index contributed by atoms with van der Waals surface area (Å²) >= 11 is 5.62. The molecule has 0 aromatic heterocycles. The van der Waals surface area contributed by atoms with Gasteiger partial charge in [0, 0.05) is 11.4 Å². The van der Waals surface area contributed by atoms with Crippen LogP contribution in [0.15, 0.2) is 54.6 Å². The van der Waals surface area contributed by atoms with Crippen molar-refractivity contribution in [3.63, 3.8) is 0 Å². The average Bonchev–Trinajstić information content (AvgIpc) is 2.48. The number of halogens is 1. The number of rotatable bonds is 6. The van der Waals surface area contributed by atoms with Gasteiger partial charge in [0.05, 0.1) is 12.2 Å². The first-order chi connectivity index (χ1) is 9.33. The van der Waals surface area contributed by atoms with Crippen molar-refractivity contribution in [3.8, 4) is 5.75 Å². The van der Waals surface area contributed by atoms with Crippen molar-refractivity contribution in [2.45, 2.75) is 6.42 Å². The van der Waals surface area contributed by atoms with Crippen LogP contribution < -0.4 is 4.74 Å². The van der Waals surface area contributed by atoms with Crippen LogP contribution in [0.5, 0.6) is 5.75 Å². The first-order valence-corrected chi connectivity index (χ1v) is 6.74. The third-order valence-electron chi connectivity index (χ3n) is 2.70. The Morgan fingerprint density at radius 1 is 1.00 bits per heavy atom. The second-order valence-corrected chi connectivity index (χ2v) is 4.46. The van der Waals surface area contributed by atoms with Gasteiger partial charge in [-0.05, 0) is 18.6 Å². The molecule has 0 amide bonds. The fourth-order valence-corrected chi connectivity index (χ4v) is 1.87. The molecule has 3 heteroatoms. The maximum atomic E-state index is 12.4. The highest BCUT2D eigenvalue weighted by molar-refractivity contribution is 6.17. The lowest BCUT2D eigenvalue weighted by Gasteiger charge is -2.10. The fraction of sp³-hybridized carbons (Fsp3) is 0.188. The van der Waals surface area contributed by atoms with Gasteiger partial charge in [0.2, 0.25) is 0 Å². The van der Waals surface area contributed by atoms with Crippen LogP contribution in [-0.4, -0.2) is 18.3 Å². The van der Waals surface area contributed by atoms with Gasteiger partial charge in [-0.25, -0.2) is 0 Å². The van der Waals surface area contributed by atoms with Gasteiger partial charge in [-0.3, -0.25) is 4.79 Å². The van der Waals surface area contributed by atoms with Crippen LogP contribution in [0.2, 0.25) is 0 Å². The van der Waals surface area contributed by atoms with E-state index in [0.717, 1.165) is 6.42 Å². The van der Waals surface area contributed by atoms with Crippen LogP contribution in [-0.2, 0) is 0 Å². The molecule has 2 aromatic rings. The Morgan fingerprint density at radius 3 is 2.42 bits per heavy atom.